The highest BCUT2D eigenvalue weighted by molar-refractivity contribution is 5.79. The minimum absolute atomic E-state index is 0.00930. The van der Waals surface area contributed by atoms with Crippen LogP contribution in [0.4, 0.5) is 0 Å². The summed E-state index contributed by atoms with van der Waals surface area (Å²) in [6, 6.07) is 0. The number of fused-ring (bicyclic) bond motifs is 7. The van der Waals surface area contributed by atoms with E-state index in [-0.39, 0.29) is 46.0 Å². The number of carbonyl (C=O) groups excluding carboxylic acids is 1. The molecule has 7 N–H and O–H groups in total. The van der Waals surface area contributed by atoms with Crippen LogP contribution in [0.2, 0.25) is 0 Å². The van der Waals surface area contributed by atoms with Gasteiger partial charge in [-0.1, -0.05) is 53.2 Å². The van der Waals surface area contributed by atoms with Crippen LogP contribution in [0.15, 0.2) is 11.6 Å². The Hall–Kier alpha value is -1.11. The molecule has 46 heavy (non-hydrogen) atoms. The van der Waals surface area contributed by atoms with Gasteiger partial charge in [-0.05, 0) is 97.2 Å². The van der Waals surface area contributed by atoms with Gasteiger partial charge in [0.25, 0.3) is 0 Å². The summed E-state index contributed by atoms with van der Waals surface area (Å²) >= 11 is 0. The Balaban J connectivity index is 1.36. The van der Waals surface area contributed by atoms with Crippen molar-refractivity contribution in [2.45, 2.75) is 142 Å². The third-order valence-electron chi connectivity index (χ3n) is 15.2. The van der Waals surface area contributed by atoms with Crippen LogP contribution in [0, 0.1) is 50.2 Å². The summed E-state index contributed by atoms with van der Waals surface area (Å²) in [6.07, 6.45) is -0.357. The van der Waals surface area contributed by atoms with Crippen LogP contribution in [-0.4, -0.2) is 97.8 Å². The molecule has 0 aromatic heterocycles. The maximum atomic E-state index is 14.4. The van der Waals surface area contributed by atoms with Gasteiger partial charge in [-0.25, -0.2) is 0 Å². The Kier molecular flexibility index (Phi) is 8.46. The zero-order chi connectivity index (χ0) is 33.8. The number of aliphatic hydroxyl groups excluding tert-OH is 7. The van der Waals surface area contributed by atoms with Gasteiger partial charge in [0.1, 0.15) is 24.4 Å². The van der Waals surface area contributed by atoms with Crippen molar-refractivity contribution in [2.24, 2.45) is 50.2 Å². The van der Waals surface area contributed by atoms with E-state index in [0.717, 1.165) is 38.5 Å². The fourth-order valence-electron chi connectivity index (χ4n) is 12.1. The van der Waals surface area contributed by atoms with Gasteiger partial charge in [0.15, 0.2) is 0 Å². The fourth-order valence-corrected chi connectivity index (χ4v) is 12.1. The minimum atomic E-state index is -1.65. The van der Waals surface area contributed by atoms with Crippen LogP contribution in [0.1, 0.15) is 99.3 Å². The van der Waals surface area contributed by atoms with E-state index in [2.05, 4.69) is 40.7 Å². The van der Waals surface area contributed by atoms with Gasteiger partial charge in [0.2, 0.25) is 6.29 Å². The Morgan fingerprint density at radius 3 is 2.20 bits per heavy atom. The van der Waals surface area contributed by atoms with Gasteiger partial charge in [-0.3, -0.25) is 4.79 Å². The average Bonchev–Trinajstić information content (AvgIpc) is 3.00. The Morgan fingerprint density at radius 2 is 1.54 bits per heavy atom. The van der Waals surface area contributed by atoms with E-state index in [1.165, 1.54) is 5.57 Å². The molecular weight excluding hydrogens is 592 g/mol. The Labute approximate surface area is 273 Å². The molecule has 5 fully saturated rings. The largest absolute Gasteiger partial charge is 0.432 e. The lowest BCUT2D eigenvalue weighted by atomic mass is 9.33. The molecular formula is C36H58O10. The third-order valence-corrected chi connectivity index (χ3v) is 15.2. The molecule has 6 aliphatic rings. The minimum Gasteiger partial charge on any atom is -0.432 e. The number of rotatable bonds is 4. The molecule has 0 aromatic carbocycles. The second-order valence-electron chi connectivity index (χ2n) is 17.9. The van der Waals surface area contributed by atoms with Crippen molar-refractivity contribution in [3.8, 4) is 0 Å². The number of allylic oxidation sites excluding steroid dienone is 2. The van der Waals surface area contributed by atoms with Crippen molar-refractivity contribution in [3.05, 3.63) is 11.6 Å². The molecule has 10 nitrogen and oxygen atoms in total. The topological polar surface area (TPSA) is 177 Å². The molecule has 15 atom stereocenters. The Bertz CT molecular complexity index is 1240. The van der Waals surface area contributed by atoms with Crippen LogP contribution in [-0.2, 0) is 14.3 Å². The lowest BCUT2D eigenvalue weighted by Crippen LogP contribution is -2.68. The van der Waals surface area contributed by atoms with E-state index in [4.69, 9.17) is 9.47 Å². The van der Waals surface area contributed by atoms with Gasteiger partial charge in [-0.15, -0.1) is 0 Å². The first-order chi connectivity index (χ1) is 21.3. The highest BCUT2D eigenvalue weighted by Crippen LogP contribution is 2.75. The highest BCUT2D eigenvalue weighted by atomic mass is 16.7. The number of esters is 1. The summed E-state index contributed by atoms with van der Waals surface area (Å²) in [5.41, 5.74) is -1.02. The summed E-state index contributed by atoms with van der Waals surface area (Å²) in [5, 5.41) is 73.8. The molecule has 0 aromatic rings. The average molecular weight is 651 g/mol. The Morgan fingerprint density at radius 1 is 0.870 bits per heavy atom. The van der Waals surface area contributed by atoms with Gasteiger partial charge in [-0.2, -0.15) is 0 Å². The maximum absolute atomic E-state index is 14.4. The van der Waals surface area contributed by atoms with E-state index in [1.807, 2.05) is 6.92 Å². The summed E-state index contributed by atoms with van der Waals surface area (Å²) in [4.78, 5) is 14.4. The first-order valence-corrected chi connectivity index (χ1v) is 17.5. The van der Waals surface area contributed by atoms with E-state index in [0.29, 0.717) is 19.3 Å². The number of carbonyl (C=O) groups is 1. The summed E-state index contributed by atoms with van der Waals surface area (Å²) in [5.74, 6) is -0.293. The molecule has 4 saturated carbocycles. The predicted octanol–water partition coefficient (Wildman–Crippen LogP) is 2.44. The normalized spacial score (nSPS) is 54.8. The number of hydrogen-bond donors (Lipinski definition) is 7. The van der Waals surface area contributed by atoms with Crippen molar-refractivity contribution in [1.82, 2.24) is 0 Å². The zero-order valence-electron chi connectivity index (χ0n) is 28.5. The van der Waals surface area contributed by atoms with E-state index in [9.17, 15) is 40.5 Å². The lowest BCUT2D eigenvalue weighted by molar-refractivity contribution is -0.297. The molecule has 1 aliphatic heterocycles. The standard InChI is InChI=1S/C36H58O10/c1-31(2)11-13-36(30(44)46-29-27(42)26(41)25(40)22(17-37)45-29)14-12-34(5)19(20(36)15-31)7-8-24-32(3)16-21(39)28(43)33(4,18-38)23(32)9-10-35(24,34)6/h7,20-29,37-43H,8-18H2,1-6H3/t20-,21+,22+,23+,24+,25+,26-,27+,28-,29-,32-,33+,34+,35+,36-/m0/s1. The molecule has 10 heteroatoms. The van der Waals surface area contributed by atoms with Gasteiger partial charge < -0.3 is 45.2 Å². The second-order valence-corrected chi connectivity index (χ2v) is 17.9. The van der Waals surface area contributed by atoms with E-state index in [1.54, 1.807) is 0 Å². The van der Waals surface area contributed by atoms with Crippen LogP contribution < -0.4 is 0 Å². The first kappa shape index (κ1) is 34.7. The molecule has 0 unspecified atom stereocenters. The molecule has 5 aliphatic carbocycles. The fraction of sp³-hybridized carbons (Fsp3) is 0.917. The van der Waals surface area contributed by atoms with E-state index >= 15 is 0 Å². The summed E-state index contributed by atoms with van der Waals surface area (Å²) in [7, 11) is 0. The van der Waals surface area contributed by atoms with Crippen molar-refractivity contribution in [3.63, 3.8) is 0 Å². The monoisotopic (exact) mass is 650 g/mol. The zero-order valence-corrected chi connectivity index (χ0v) is 28.5. The molecule has 0 bridgehead atoms. The van der Waals surface area contributed by atoms with Crippen molar-refractivity contribution >= 4 is 5.97 Å². The highest BCUT2D eigenvalue weighted by Gasteiger charge is 2.71. The maximum Gasteiger partial charge on any atom is 0.315 e. The summed E-state index contributed by atoms with van der Waals surface area (Å²) < 4.78 is 11.5. The van der Waals surface area contributed by atoms with Crippen LogP contribution in [0.3, 0.4) is 0 Å². The molecule has 0 spiro atoms. The molecule has 1 saturated heterocycles. The van der Waals surface area contributed by atoms with Gasteiger partial charge >= 0.3 is 5.97 Å². The molecule has 6 rings (SSSR count). The summed E-state index contributed by atoms with van der Waals surface area (Å²) in [6.45, 7) is 12.7. The lowest BCUT2D eigenvalue weighted by Gasteiger charge is -2.71. The number of aliphatic hydroxyl groups is 7. The number of hydrogen-bond acceptors (Lipinski definition) is 10. The molecule has 0 amide bonds. The van der Waals surface area contributed by atoms with Crippen molar-refractivity contribution in [1.29, 1.82) is 0 Å². The van der Waals surface area contributed by atoms with Crippen LogP contribution >= 0.6 is 0 Å². The number of ether oxygens (including phenoxy) is 2. The van der Waals surface area contributed by atoms with Crippen LogP contribution in [0.25, 0.3) is 0 Å². The van der Waals surface area contributed by atoms with Crippen LogP contribution in [0.5, 0.6) is 0 Å². The van der Waals surface area contributed by atoms with Crippen molar-refractivity contribution < 1.29 is 50.0 Å². The third kappa shape index (κ3) is 4.60. The SMILES string of the molecule is CC1(C)CC[C@]2(C(=O)O[C@@H]3O[C@H](CO)[C@@H](O)[C@H](O)[C@H]3O)CC[C@]3(C)C(=CC[C@@H]4[C@@]5(C)C[C@@H](O)[C@H](O)[C@](C)(CO)[C@@H]5CC[C@]43C)[C@@H]2C1. The second kappa shape index (κ2) is 11.2. The molecule has 1 heterocycles. The van der Waals surface area contributed by atoms with E-state index < -0.39 is 66.3 Å². The molecule has 262 valence electrons. The first-order valence-electron chi connectivity index (χ1n) is 17.5. The molecule has 0 radical (unpaired) electrons. The van der Waals surface area contributed by atoms with Gasteiger partial charge in [0.05, 0.1) is 30.8 Å². The van der Waals surface area contributed by atoms with Crippen molar-refractivity contribution in [2.75, 3.05) is 13.2 Å². The smallest absolute Gasteiger partial charge is 0.315 e. The predicted molar refractivity (Wildman–Crippen MR) is 168 cm³/mol. The quantitative estimate of drug-likeness (QED) is 0.177. The van der Waals surface area contributed by atoms with Gasteiger partial charge in [0, 0.05) is 5.41 Å².